The number of amides is 2. The maximum Gasteiger partial charge on any atom is 0.255 e. The van der Waals surface area contributed by atoms with E-state index in [4.69, 9.17) is 23.2 Å². The van der Waals surface area contributed by atoms with Gasteiger partial charge in [-0.3, -0.25) is 9.59 Å². The third-order valence-electron chi connectivity index (χ3n) is 3.29. The van der Waals surface area contributed by atoms with Crippen molar-refractivity contribution in [2.45, 2.75) is 17.1 Å². The van der Waals surface area contributed by atoms with E-state index in [1.54, 1.807) is 30.3 Å². The van der Waals surface area contributed by atoms with Crippen molar-refractivity contribution in [1.82, 2.24) is 0 Å². The molecule has 3 rings (SSSR count). The SMILES string of the molecule is CC1Sc2ccc(C(=O)Nc3cc(Cl)cc(Cl)c3)cc2NC1=O. The van der Waals surface area contributed by atoms with Crippen molar-refractivity contribution >= 4 is 58.2 Å². The minimum absolute atomic E-state index is 0.0679. The molecule has 2 amide bonds. The summed E-state index contributed by atoms with van der Waals surface area (Å²) in [6, 6.07) is 10.0. The van der Waals surface area contributed by atoms with Crippen molar-refractivity contribution in [3.63, 3.8) is 0 Å². The van der Waals surface area contributed by atoms with Crippen molar-refractivity contribution in [3.05, 3.63) is 52.0 Å². The van der Waals surface area contributed by atoms with E-state index >= 15 is 0 Å². The minimum atomic E-state index is -0.302. The summed E-state index contributed by atoms with van der Waals surface area (Å²) >= 11 is 13.3. The third-order valence-corrected chi connectivity index (χ3v) is 4.91. The summed E-state index contributed by atoms with van der Waals surface area (Å²) in [5.74, 6) is -0.370. The molecule has 7 heteroatoms. The fourth-order valence-corrected chi connectivity index (χ4v) is 3.64. The molecule has 1 heterocycles. The number of carbonyl (C=O) groups is 2. The lowest BCUT2D eigenvalue weighted by Gasteiger charge is -2.21. The van der Waals surface area contributed by atoms with Gasteiger partial charge >= 0.3 is 0 Å². The van der Waals surface area contributed by atoms with Crippen molar-refractivity contribution in [2.75, 3.05) is 10.6 Å². The molecule has 1 unspecified atom stereocenters. The van der Waals surface area contributed by atoms with E-state index in [1.807, 2.05) is 13.0 Å². The number of anilines is 2. The Morgan fingerprint density at radius 2 is 1.87 bits per heavy atom. The lowest BCUT2D eigenvalue weighted by molar-refractivity contribution is -0.115. The topological polar surface area (TPSA) is 58.2 Å². The standard InChI is InChI=1S/C16H12Cl2N2O2S/c1-8-15(21)20-13-4-9(2-3-14(13)23-8)16(22)19-12-6-10(17)5-11(18)7-12/h2-8H,1H3,(H,19,22)(H,20,21). The fourth-order valence-electron chi connectivity index (χ4n) is 2.18. The molecular weight excluding hydrogens is 355 g/mol. The number of halogens is 2. The zero-order valence-corrected chi connectivity index (χ0v) is 14.4. The summed E-state index contributed by atoms with van der Waals surface area (Å²) in [7, 11) is 0. The number of thioether (sulfide) groups is 1. The molecule has 0 spiro atoms. The number of rotatable bonds is 2. The maximum absolute atomic E-state index is 12.4. The van der Waals surface area contributed by atoms with E-state index in [9.17, 15) is 9.59 Å². The molecular formula is C16H12Cl2N2O2S. The second-order valence-corrected chi connectivity index (χ2v) is 7.33. The molecule has 2 N–H and O–H groups in total. The second kappa shape index (κ2) is 6.43. The predicted molar refractivity (Wildman–Crippen MR) is 94.8 cm³/mol. The Labute approximate surface area is 147 Å². The van der Waals surface area contributed by atoms with Gasteiger partial charge in [-0.1, -0.05) is 23.2 Å². The monoisotopic (exact) mass is 366 g/mol. The van der Waals surface area contributed by atoms with Gasteiger partial charge in [-0.05, 0) is 43.3 Å². The quantitative estimate of drug-likeness (QED) is 0.811. The highest BCUT2D eigenvalue weighted by Gasteiger charge is 2.23. The minimum Gasteiger partial charge on any atom is -0.324 e. The molecule has 2 aromatic rings. The molecule has 0 radical (unpaired) electrons. The summed E-state index contributed by atoms with van der Waals surface area (Å²) < 4.78 is 0. The molecule has 0 saturated carbocycles. The zero-order chi connectivity index (χ0) is 16.6. The molecule has 0 fully saturated rings. The molecule has 0 bridgehead atoms. The summed E-state index contributed by atoms with van der Waals surface area (Å²) in [5.41, 5.74) is 1.60. The Morgan fingerprint density at radius 1 is 1.17 bits per heavy atom. The van der Waals surface area contributed by atoms with Gasteiger partial charge in [0.2, 0.25) is 5.91 Å². The summed E-state index contributed by atoms with van der Waals surface area (Å²) in [5, 5.41) is 6.28. The molecule has 0 saturated heterocycles. The number of benzene rings is 2. The first kappa shape index (κ1) is 16.2. The highest BCUT2D eigenvalue weighted by molar-refractivity contribution is 8.00. The van der Waals surface area contributed by atoms with Crippen molar-refractivity contribution < 1.29 is 9.59 Å². The number of hydrogen-bond donors (Lipinski definition) is 2. The van der Waals surface area contributed by atoms with E-state index < -0.39 is 0 Å². The number of hydrogen-bond acceptors (Lipinski definition) is 3. The highest BCUT2D eigenvalue weighted by Crippen LogP contribution is 2.36. The van der Waals surface area contributed by atoms with Crippen molar-refractivity contribution in [3.8, 4) is 0 Å². The molecule has 1 aliphatic heterocycles. The van der Waals surface area contributed by atoms with Crippen LogP contribution >= 0.6 is 35.0 Å². The lowest BCUT2D eigenvalue weighted by Crippen LogP contribution is -2.26. The molecule has 0 aliphatic carbocycles. The van der Waals surface area contributed by atoms with Gasteiger partial charge in [0.25, 0.3) is 5.91 Å². The normalized spacial score (nSPS) is 16.5. The van der Waals surface area contributed by atoms with Crippen LogP contribution < -0.4 is 10.6 Å². The maximum atomic E-state index is 12.4. The Hall–Kier alpha value is -1.69. The molecule has 4 nitrogen and oxygen atoms in total. The van der Waals surface area contributed by atoms with Crippen LogP contribution in [0, 0.1) is 0 Å². The molecule has 1 aliphatic rings. The van der Waals surface area contributed by atoms with Crippen LogP contribution in [0.5, 0.6) is 0 Å². The van der Waals surface area contributed by atoms with Gasteiger partial charge in [-0.15, -0.1) is 11.8 Å². The van der Waals surface area contributed by atoms with Crippen LogP contribution in [0.25, 0.3) is 0 Å². The number of nitrogens with one attached hydrogen (secondary N) is 2. The number of fused-ring (bicyclic) bond motifs is 1. The Bertz CT molecular complexity index is 790. The molecule has 118 valence electrons. The van der Waals surface area contributed by atoms with E-state index in [2.05, 4.69) is 10.6 Å². The van der Waals surface area contributed by atoms with Crippen LogP contribution in [0.1, 0.15) is 17.3 Å². The second-order valence-electron chi connectivity index (χ2n) is 5.07. The van der Waals surface area contributed by atoms with Gasteiger partial charge in [-0.2, -0.15) is 0 Å². The first-order valence-electron chi connectivity index (χ1n) is 6.81. The first-order valence-corrected chi connectivity index (χ1v) is 8.45. The summed E-state index contributed by atoms with van der Waals surface area (Å²) in [4.78, 5) is 25.0. The Morgan fingerprint density at radius 3 is 2.57 bits per heavy atom. The zero-order valence-electron chi connectivity index (χ0n) is 12.0. The van der Waals surface area contributed by atoms with Gasteiger partial charge in [0.05, 0.1) is 10.9 Å². The smallest absolute Gasteiger partial charge is 0.255 e. The largest absolute Gasteiger partial charge is 0.324 e. The third kappa shape index (κ3) is 3.63. The average molecular weight is 367 g/mol. The van der Waals surface area contributed by atoms with Crippen molar-refractivity contribution in [1.29, 1.82) is 0 Å². The van der Waals surface area contributed by atoms with E-state index in [0.717, 1.165) is 4.90 Å². The Kier molecular flexibility index (Phi) is 4.53. The van der Waals surface area contributed by atoms with E-state index in [0.29, 0.717) is 27.0 Å². The molecule has 23 heavy (non-hydrogen) atoms. The van der Waals surface area contributed by atoms with Gasteiger partial charge in [0, 0.05) is 26.2 Å². The molecule has 2 aromatic carbocycles. The first-order chi connectivity index (χ1) is 10.9. The average Bonchev–Trinajstić information content (AvgIpc) is 2.47. The van der Waals surface area contributed by atoms with Crippen LogP contribution in [0.3, 0.4) is 0 Å². The van der Waals surface area contributed by atoms with Crippen LogP contribution in [-0.4, -0.2) is 17.1 Å². The molecule has 0 aromatic heterocycles. The summed E-state index contributed by atoms with van der Waals surface area (Å²) in [6.45, 7) is 1.84. The summed E-state index contributed by atoms with van der Waals surface area (Å²) in [6.07, 6.45) is 0. The van der Waals surface area contributed by atoms with E-state index in [-0.39, 0.29) is 17.1 Å². The highest BCUT2D eigenvalue weighted by atomic mass is 35.5. The van der Waals surface area contributed by atoms with Gasteiger partial charge in [0.1, 0.15) is 0 Å². The van der Waals surface area contributed by atoms with Gasteiger partial charge < -0.3 is 10.6 Å². The van der Waals surface area contributed by atoms with Gasteiger partial charge in [0.15, 0.2) is 0 Å². The van der Waals surface area contributed by atoms with Crippen LogP contribution in [0.2, 0.25) is 10.0 Å². The van der Waals surface area contributed by atoms with Crippen LogP contribution in [-0.2, 0) is 4.79 Å². The molecule has 1 atom stereocenters. The number of carbonyl (C=O) groups excluding carboxylic acids is 2. The van der Waals surface area contributed by atoms with Crippen LogP contribution in [0.4, 0.5) is 11.4 Å². The Balaban J connectivity index is 1.83. The van der Waals surface area contributed by atoms with E-state index in [1.165, 1.54) is 11.8 Å². The van der Waals surface area contributed by atoms with Gasteiger partial charge in [-0.25, -0.2) is 0 Å². The lowest BCUT2D eigenvalue weighted by atomic mass is 10.1. The fraction of sp³-hybridized carbons (Fsp3) is 0.125. The van der Waals surface area contributed by atoms with Crippen molar-refractivity contribution in [2.24, 2.45) is 0 Å². The predicted octanol–water partition coefficient (Wildman–Crippen LogP) is 4.68. The van der Waals surface area contributed by atoms with Crippen LogP contribution in [0.15, 0.2) is 41.3 Å².